The lowest BCUT2D eigenvalue weighted by Gasteiger charge is -2.28. The van der Waals surface area contributed by atoms with Crippen LogP contribution in [0.1, 0.15) is 11.1 Å². The molecule has 1 saturated heterocycles. The zero-order valence-electron chi connectivity index (χ0n) is 19.5. The second-order valence-electron chi connectivity index (χ2n) is 9.20. The van der Waals surface area contributed by atoms with Crippen LogP contribution in [-0.4, -0.2) is 70.3 Å². The fourth-order valence-corrected chi connectivity index (χ4v) is 5.23. The van der Waals surface area contributed by atoms with Crippen molar-refractivity contribution in [3.8, 4) is 0 Å². The molecule has 8 nitrogen and oxygen atoms in total. The van der Waals surface area contributed by atoms with Crippen LogP contribution < -0.4 is 5.32 Å². The molecule has 36 heavy (non-hydrogen) atoms. The molecule has 1 fully saturated rings. The number of fused-ring (bicyclic) bond motifs is 2. The van der Waals surface area contributed by atoms with Crippen LogP contribution in [0.5, 0.6) is 0 Å². The Morgan fingerprint density at radius 2 is 1.72 bits per heavy atom. The molecule has 0 aliphatic carbocycles. The second-order valence-corrected chi connectivity index (χ2v) is 9.20. The summed E-state index contributed by atoms with van der Waals surface area (Å²) in [5, 5.41) is 14.7. The highest BCUT2D eigenvalue weighted by Crippen LogP contribution is 2.38. The maximum absolute atomic E-state index is 14.3. The number of hydrogen-bond donors (Lipinski definition) is 3. The first kappa shape index (κ1) is 22.7. The molecule has 0 bridgehead atoms. The van der Waals surface area contributed by atoms with Gasteiger partial charge in [-0.15, -0.1) is 0 Å². The van der Waals surface area contributed by atoms with E-state index in [1.165, 1.54) is 12.1 Å². The van der Waals surface area contributed by atoms with E-state index in [1.54, 1.807) is 23.0 Å². The van der Waals surface area contributed by atoms with Crippen LogP contribution >= 0.6 is 0 Å². The van der Waals surface area contributed by atoms with Crippen molar-refractivity contribution in [3.05, 3.63) is 71.8 Å². The number of ether oxygens (including phenoxy) is 1. The monoisotopic (exact) mass is 488 g/mol. The van der Waals surface area contributed by atoms with Gasteiger partial charge in [0, 0.05) is 66.0 Å². The molecule has 0 spiro atoms. The van der Waals surface area contributed by atoms with Crippen molar-refractivity contribution in [2.45, 2.75) is 12.6 Å². The lowest BCUT2D eigenvalue weighted by Crippen LogP contribution is -2.41. The van der Waals surface area contributed by atoms with Crippen molar-refractivity contribution in [2.24, 2.45) is 0 Å². The fourth-order valence-electron chi connectivity index (χ4n) is 5.23. The van der Waals surface area contributed by atoms with Crippen molar-refractivity contribution in [1.82, 2.24) is 19.8 Å². The molecule has 1 unspecified atom stereocenters. The number of morpholine rings is 1. The molecule has 2 aromatic heterocycles. The predicted molar refractivity (Wildman–Crippen MR) is 133 cm³/mol. The lowest BCUT2D eigenvalue weighted by molar-refractivity contribution is -0.122. The summed E-state index contributed by atoms with van der Waals surface area (Å²) in [6.45, 7) is 3.41. The van der Waals surface area contributed by atoms with E-state index in [-0.39, 0.29) is 17.7 Å². The number of hydrogen-bond acceptors (Lipinski definition) is 5. The third kappa shape index (κ3) is 3.91. The molecule has 2 aliphatic rings. The lowest BCUT2D eigenvalue weighted by atomic mass is 9.95. The van der Waals surface area contributed by atoms with Crippen LogP contribution in [-0.2, 0) is 20.9 Å². The van der Waals surface area contributed by atoms with Gasteiger partial charge in [0.25, 0.3) is 11.8 Å². The molecule has 2 aliphatic heterocycles. The van der Waals surface area contributed by atoms with E-state index in [4.69, 9.17) is 4.74 Å². The van der Waals surface area contributed by atoms with E-state index in [0.717, 1.165) is 24.0 Å². The highest BCUT2D eigenvalue weighted by atomic mass is 19.1. The van der Waals surface area contributed by atoms with Crippen molar-refractivity contribution in [3.63, 3.8) is 0 Å². The first-order valence-electron chi connectivity index (χ1n) is 11.9. The molecule has 2 amide bonds. The molecule has 1 atom stereocenters. The third-order valence-electron chi connectivity index (χ3n) is 6.88. The van der Waals surface area contributed by atoms with Gasteiger partial charge in [0.15, 0.2) is 0 Å². The maximum Gasteiger partial charge on any atom is 0.259 e. The number of nitrogens with zero attached hydrogens (tertiary/aromatic N) is 2. The number of H-pyrrole nitrogens is 1. The van der Waals surface area contributed by atoms with Gasteiger partial charge >= 0.3 is 0 Å². The number of rotatable bonds is 6. The summed E-state index contributed by atoms with van der Waals surface area (Å²) in [6.07, 6.45) is 2.74. The average molecular weight is 489 g/mol. The number of para-hydroxylation sites is 1. The van der Waals surface area contributed by atoms with Gasteiger partial charge in [-0.05, 0) is 24.3 Å². The van der Waals surface area contributed by atoms with E-state index >= 15 is 0 Å². The van der Waals surface area contributed by atoms with Crippen LogP contribution in [0.2, 0.25) is 0 Å². The largest absolute Gasteiger partial charge is 0.390 e. The molecule has 4 aromatic rings. The topological polar surface area (TPSA) is 99.6 Å². The first-order valence-corrected chi connectivity index (χ1v) is 11.9. The standard InChI is InChI=1S/C27H25FN4O4/c28-16-5-6-19-21(15-32(23(19)11-16)14-17(33)13-31-7-9-36-10-8-31)25-24(26(34)30-27(25)35)20-12-29-22-4-2-1-3-18(20)22/h1-6,11-12,15,17,29,33H,7-10,13-14H2,(H,30,34,35). The smallest absolute Gasteiger partial charge is 0.259 e. The van der Waals surface area contributed by atoms with Gasteiger partial charge in [-0.1, -0.05) is 18.2 Å². The molecular weight excluding hydrogens is 463 g/mol. The minimum atomic E-state index is -0.712. The molecule has 184 valence electrons. The van der Waals surface area contributed by atoms with Crippen LogP contribution in [0.3, 0.4) is 0 Å². The summed E-state index contributed by atoms with van der Waals surface area (Å²) in [6, 6.07) is 11.9. The first-order chi connectivity index (χ1) is 17.5. The number of aromatic nitrogens is 2. The molecule has 2 aromatic carbocycles. The number of benzene rings is 2. The van der Waals surface area contributed by atoms with Gasteiger partial charge in [-0.2, -0.15) is 0 Å². The minimum Gasteiger partial charge on any atom is -0.390 e. The Labute approximate surface area is 205 Å². The van der Waals surface area contributed by atoms with Crippen LogP contribution in [0.25, 0.3) is 33.0 Å². The summed E-state index contributed by atoms with van der Waals surface area (Å²) < 4.78 is 21.4. The molecule has 9 heteroatoms. The third-order valence-corrected chi connectivity index (χ3v) is 6.88. The number of amides is 2. The quantitative estimate of drug-likeness (QED) is 0.362. The number of imide groups is 1. The number of carbonyl (C=O) groups excluding carboxylic acids is 2. The van der Waals surface area contributed by atoms with Gasteiger partial charge < -0.3 is 19.4 Å². The van der Waals surface area contributed by atoms with E-state index in [2.05, 4.69) is 15.2 Å². The molecule has 6 rings (SSSR count). The van der Waals surface area contributed by atoms with Gasteiger partial charge in [-0.3, -0.25) is 19.8 Å². The predicted octanol–water partition coefficient (Wildman–Crippen LogP) is 2.52. The zero-order valence-corrected chi connectivity index (χ0v) is 19.5. The average Bonchev–Trinajstić information content (AvgIpc) is 3.52. The fraction of sp³-hybridized carbons (Fsp3) is 0.259. The summed E-state index contributed by atoms with van der Waals surface area (Å²) in [5.74, 6) is -1.40. The Balaban J connectivity index is 1.46. The highest BCUT2D eigenvalue weighted by molar-refractivity contribution is 6.50. The van der Waals surface area contributed by atoms with Crippen LogP contribution in [0.15, 0.2) is 54.9 Å². The van der Waals surface area contributed by atoms with Crippen molar-refractivity contribution in [1.29, 1.82) is 0 Å². The number of aromatic amines is 1. The Bertz CT molecular complexity index is 1530. The molecule has 0 radical (unpaired) electrons. The SMILES string of the molecule is O=C1NC(=O)C(c2cn(CC(O)CN3CCOCC3)c3cc(F)ccc23)=C1c1c[nH]c2ccccc12. The Kier molecular flexibility index (Phi) is 5.67. The van der Waals surface area contributed by atoms with Gasteiger partial charge in [0.1, 0.15) is 5.82 Å². The Hall–Kier alpha value is -3.79. The second kappa shape index (κ2) is 9.02. The molecular formula is C27H25FN4O4. The molecule has 4 heterocycles. The summed E-state index contributed by atoms with van der Waals surface area (Å²) >= 11 is 0. The summed E-state index contributed by atoms with van der Waals surface area (Å²) in [5.41, 5.74) is 3.05. The number of aliphatic hydroxyl groups is 1. The van der Waals surface area contributed by atoms with Gasteiger partial charge in [-0.25, -0.2) is 4.39 Å². The number of halogens is 1. The summed E-state index contributed by atoms with van der Waals surface area (Å²) in [7, 11) is 0. The van der Waals surface area contributed by atoms with Crippen molar-refractivity contribution >= 4 is 44.8 Å². The van der Waals surface area contributed by atoms with Crippen molar-refractivity contribution in [2.75, 3.05) is 32.8 Å². The minimum absolute atomic E-state index is 0.211. The van der Waals surface area contributed by atoms with Gasteiger partial charge in [0.05, 0.1) is 36.0 Å². The number of β-amino-alcohol motifs (C(OH)–C–C–N with tert-alkyl or cyclic N) is 1. The normalized spacial score (nSPS) is 17.9. The molecule has 0 saturated carbocycles. The highest BCUT2D eigenvalue weighted by Gasteiger charge is 2.35. The summed E-state index contributed by atoms with van der Waals surface area (Å²) in [4.78, 5) is 31.3. The van der Waals surface area contributed by atoms with Crippen LogP contribution in [0, 0.1) is 5.82 Å². The van der Waals surface area contributed by atoms with E-state index in [9.17, 15) is 19.1 Å². The number of carbonyl (C=O) groups is 2. The van der Waals surface area contributed by atoms with E-state index < -0.39 is 23.7 Å². The number of aliphatic hydroxyl groups excluding tert-OH is 1. The van der Waals surface area contributed by atoms with Crippen LogP contribution in [0.4, 0.5) is 4.39 Å². The van der Waals surface area contributed by atoms with E-state index in [1.807, 2.05) is 24.3 Å². The van der Waals surface area contributed by atoms with Gasteiger partial charge in [0.2, 0.25) is 0 Å². The van der Waals surface area contributed by atoms with Crippen molar-refractivity contribution < 1.29 is 23.8 Å². The Morgan fingerprint density at radius 1 is 0.972 bits per heavy atom. The maximum atomic E-state index is 14.3. The Morgan fingerprint density at radius 3 is 2.53 bits per heavy atom. The molecule has 3 N–H and O–H groups in total. The zero-order chi connectivity index (χ0) is 24.8. The number of nitrogens with one attached hydrogen (secondary N) is 2. The van der Waals surface area contributed by atoms with E-state index in [0.29, 0.717) is 41.8 Å².